The Morgan fingerprint density at radius 1 is 0.366 bits per heavy atom. The van der Waals surface area contributed by atoms with E-state index >= 15 is 0 Å². The Hall–Kier alpha value is 0.968. The van der Waals surface area contributed by atoms with Crippen LogP contribution < -0.4 is 0 Å². The molecule has 41 heavy (non-hydrogen) atoms. The molecule has 0 aromatic rings. The molecule has 0 unspecified atom stereocenters. The molecule has 17 heteroatoms. The van der Waals surface area contributed by atoms with E-state index in [1.165, 1.54) is 0 Å². The van der Waals surface area contributed by atoms with Gasteiger partial charge < -0.3 is 137 Å². The van der Waals surface area contributed by atoms with Crippen LogP contribution in [0.2, 0.25) is 0 Å². The van der Waals surface area contributed by atoms with Crippen LogP contribution in [-0.4, -0.2) is 96.8 Å². The third-order valence-corrected chi connectivity index (χ3v) is 4.13. The van der Waals surface area contributed by atoms with Crippen LogP contribution in [0.25, 0.3) is 0 Å². The molecule has 0 rings (SSSR count). The summed E-state index contributed by atoms with van der Waals surface area (Å²) < 4.78 is 40.3. The zero-order chi connectivity index (χ0) is 31.3. The predicted molar refractivity (Wildman–Crippen MR) is 188 cm³/mol. The van der Waals surface area contributed by atoms with Gasteiger partial charge in [0.15, 0.2) is 0 Å². The molecular formula is C24H44O8PtS8. The number of hydrogen-bond donors (Lipinski definition) is 0. The molecule has 0 saturated heterocycles. The Morgan fingerprint density at radius 2 is 0.537 bits per heavy atom. The molecule has 0 aliphatic rings. The van der Waals surface area contributed by atoms with Gasteiger partial charge in [0.1, 0.15) is 26.4 Å². The smallest absolute Gasteiger partial charge is 0.511 e. The summed E-state index contributed by atoms with van der Waals surface area (Å²) in [7, 11) is 0. The Labute approximate surface area is 306 Å². The van der Waals surface area contributed by atoms with Gasteiger partial charge in [0.2, 0.25) is 0 Å². The summed E-state index contributed by atoms with van der Waals surface area (Å²) in [6.07, 6.45) is 4.10. The fourth-order valence-corrected chi connectivity index (χ4v) is 2.39. The van der Waals surface area contributed by atoms with Gasteiger partial charge in [-0.3, -0.25) is 0 Å². The van der Waals surface area contributed by atoms with Crippen molar-refractivity contribution in [3.63, 3.8) is 0 Å². The van der Waals surface area contributed by atoms with Crippen LogP contribution in [0, 0.1) is 0 Å². The van der Waals surface area contributed by atoms with Crippen LogP contribution in [0.15, 0.2) is 0 Å². The SMILES string of the molecule is CCCOCCOC(=S)[S-].CCCOCCOC(=S)[S-].CCCOCCOC(=S)[S-].CCCOCCOC(=S)[S-].[Pt+4]. The number of hydrogen-bond acceptors (Lipinski definition) is 16. The molecule has 0 spiro atoms. The van der Waals surface area contributed by atoms with Crippen molar-refractivity contribution in [3.05, 3.63) is 0 Å². The summed E-state index contributed by atoms with van der Waals surface area (Å²) >= 11 is 36.1. The van der Waals surface area contributed by atoms with E-state index in [1.807, 2.05) is 0 Å². The van der Waals surface area contributed by atoms with E-state index in [1.54, 1.807) is 0 Å². The van der Waals surface area contributed by atoms with Crippen molar-refractivity contribution in [3.8, 4) is 0 Å². The maximum absolute atomic E-state index is 5.10. The van der Waals surface area contributed by atoms with E-state index in [0.29, 0.717) is 52.9 Å². The van der Waals surface area contributed by atoms with E-state index in [2.05, 4.69) is 127 Å². The molecule has 0 bridgehead atoms. The number of rotatable bonds is 20. The first kappa shape index (κ1) is 51.5. The summed E-state index contributed by atoms with van der Waals surface area (Å²) in [5.74, 6) is 0. The van der Waals surface area contributed by atoms with Crippen molar-refractivity contribution in [2.45, 2.75) is 53.4 Å². The Morgan fingerprint density at radius 3 is 0.659 bits per heavy atom. The Bertz CT molecular complexity index is 486. The van der Waals surface area contributed by atoms with E-state index < -0.39 is 0 Å². The Kier molecular flexibility index (Phi) is 60.2. The van der Waals surface area contributed by atoms with Crippen LogP contribution in [-0.2, 0) is 109 Å². The molecule has 0 amide bonds. The standard InChI is InChI=1S/4C6H12O2S2.Pt/c4*1-2-3-7-4-5-8-6(9)10;/h4*2-5H2,1H3,(H,9,10);/q;;;;+4/p-4. The van der Waals surface area contributed by atoms with Crippen LogP contribution in [0.4, 0.5) is 0 Å². The van der Waals surface area contributed by atoms with Gasteiger partial charge in [-0.05, 0) is 25.7 Å². The molecule has 0 saturated carbocycles. The zero-order valence-corrected chi connectivity index (χ0v) is 33.0. The summed E-state index contributed by atoms with van der Waals surface area (Å²) in [4.78, 5) is 0. The molecule has 0 fully saturated rings. The van der Waals surface area contributed by atoms with Crippen molar-refractivity contribution in [1.82, 2.24) is 0 Å². The van der Waals surface area contributed by atoms with Gasteiger partial charge in [-0.2, -0.15) is 0 Å². The molecular weight excluding hydrogens is 868 g/mol. The van der Waals surface area contributed by atoms with Gasteiger partial charge >= 0.3 is 21.1 Å². The fraction of sp³-hybridized carbons (Fsp3) is 0.833. The maximum Gasteiger partial charge on any atom is 4.00 e. The summed E-state index contributed by atoms with van der Waals surface area (Å²) in [6, 6.07) is 0. The Balaban J connectivity index is -0.000000139. The van der Waals surface area contributed by atoms with Gasteiger partial charge in [-0.15, -0.1) is 0 Å². The minimum Gasteiger partial charge on any atom is -0.511 e. The van der Waals surface area contributed by atoms with Gasteiger partial charge in [0, 0.05) is 44.0 Å². The molecule has 0 aliphatic heterocycles. The zero-order valence-electron chi connectivity index (χ0n) is 24.2. The van der Waals surface area contributed by atoms with Crippen LogP contribution in [0.5, 0.6) is 0 Å². The first-order valence-electron chi connectivity index (χ1n) is 12.7. The molecule has 8 nitrogen and oxygen atoms in total. The number of ether oxygens (including phenoxy) is 8. The first-order chi connectivity index (χ1) is 19.1. The molecule has 0 atom stereocenters. The third kappa shape index (κ3) is 74.1. The van der Waals surface area contributed by atoms with Crippen LogP contribution in [0.3, 0.4) is 0 Å². The predicted octanol–water partition coefficient (Wildman–Crippen LogP) is 5.04. The van der Waals surface area contributed by atoms with Gasteiger partial charge in [-0.25, -0.2) is 0 Å². The third-order valence-electron chi connectivity index (χ3n) is 3.18. The fourth-order valence-electron chi connectivity index (χ4n) is 1.72. The molecule has 0 heterocycles. The van der Waals surface area contributed by atoms with Gasteiger partial charge in [0.25, 0.3) is 0 Å². The molecule has 246 valence electrons. The molecule has 0 aromatic heterocycles. The second-order valence-corrected chi connectivity index (χ2v) is 10.8. The maximum atomic E-state index is 5.10. The quantitative estimate of drug-likeness (QED) is 0.0931. The van der Waals surface area contributed by atoms with E-state index in [4.69, 9.17) is 37.9 Å². The normalized spacial score (nSPS) is 9.07. The van der Waals surface area contributed by atoms with Crippen molar-refractivity contribution in [2.24, 2.45) is 0 Å². The first-order valence-corrected chi connectivity index (χ1v) is 16.0. The second kappa shape index (κ2) is 47.9. The average Bonchev–Trinajstić information content (AvgIpc) is 2.89. The van der Waals surface area contributed by atoms with E-state index in [-0.39, 0.29) is 38.6 Å². The van der Waals surface area contributed by atoms with Crippen molar-refractivity contribution >= 4 is 117 Å². The molecule has 0 N–H and O–H groups in total. The largest absolute Gasteiger partial charge is 4.00 e. The van der Waals surface area contributed by atoms with Gasteiger partial charge in [-0.1, -0.05) is 27.7 Å². The topological polar surface area (TPSA) is 73.8 Å². The minimum absolute atomic E-state index is 0. The van der Waals surface area contributed by atoms with Crippen molar-refractivity contribution in [2.75, 3.05) is 79.3 Å². The second-order valence-electron chi connectivity index (χ2n) is 6.84. The summed E-state index contributed by atoms with van der Waals surface area (Å²) in [5.41, 5.74) is 0. The van der Waals surface area contributed by atoms with Crippen molar-refractivity contribution in [1.29, 1.82) is 0 Å². The molecule has 0 aromatic carbocycles. The minimum atomic E-state index is 0. The van der Waals surface area contributed by atoms with Crippen LogP contribution >= 0.6 is 48.9 Å². The average molecular weight is 912 g/mol. The summed E-state index contributed by atoms with van der Waals surface area (Å²) in [6.45, 7) is 15.5. The molecule has 0 radical (unpaired) electrons. The monoisotopic (exact) mass is 911 g/mol. The van der Waals surface area contributed by atoms with E-state index in [9.17, 15) is 0 Å². The van der Waals surface area contributed by atoms with E-state index in [0.717, 1.165) is 52.1 Å². The molecule has 0 aliphatic carbocycles. The number of thiocarbonyl (C=S) groups is 4. The van der Waals surface area contributed by atoms with Crippen LogP contribution in [0.1, 0.15) is 53.4 Å². The van der Waals surface area contributed by atoms with Crippen molar-refractivity contribution < 1.29 is 59.0 Å². The van der Waals surface area contributed by atoms with Gasteiger partial charge in [0.05, 0.1) is 26.4 Å². The summed E-state index contributed by atoms with van der Waals surface area (Å²) in [5, 5.41) is 0.